The van der Waals surface area contributed by atoms with Gasteiger partial charge in [-0.2, -0.15) is 0 Å². The van der Waals surface area contributed by atoms with Crippen LogP contribution in [0.5, 0.6) is 0 Å². The van der Waals surface area contributed by atoms with Crippen molar-refractivity contribution in [2.24, 2.45) is 0 Å². The van der Waals surface area contributed by atoms with E-state index in [2.05, 4.69) is 9.72 Å². The number of fused-ring (bicyclic) bond motifs is 1. The lowest BCUT2D eigenvalue weighted by molar-refractivity contribution is 0.131. The van der Waals surface area contributed by atoms with Gasteiger partial charge < -0.3 is 14.1 Å². The summed E-state index contributed by atoms with van der Waals surface area (Å²) >= 11 is 0. The number of aromatic nitrogens is 1. The SMILES string of the molecule is COC(=O)N(C)Cc1ccc2nc(C)oc2c1. The minimum absolute atomic E-state index is 0.362. The van der Waals surface area contributed by atoms with E-state index in [0.717, 1.165) is 16.7 Å². The Morgan fingerprint density at radius 1 is 1.53 bits per heavy atom. The Hall–Kier alpha value is -2.04. The van der Waals surface area contributed by atoms with Crippen LogP contribution in [0.15, 0.2) is 22.6 Å². The van der Waals surface area contributed by atoms with Gasteiger partial charge in [-0.1, -0.05) is 6.07 Å². The average molecular weight is 234 g/mol. The summed E-state index contributed by atoms with van der Waals surface area (Å²) in [7, 11) is 3.05. The molecular weight excluding hydrogens is 220 g/mol. The molecule has 1 heterocycles. The van der Waals surface area contributed by atoms with E-state index in [-0.39, 0.29) is 6.09 Å². The molecule has 5 nitrogen and oxygen atoms in total. The minimum atomic E-state index is -0.362. The molecular formula is C12H14N2O3. The van der Waals surface area contributed by atoms with E-state index in [1.54, 1.807) is 14.0 Å². The van der Waals surface area contributed by atoms with E-state index in [0.29, 0.717) is 12.4 Å². The summed E-state index contributed by atoms with van der Waals surface area (Å²) in [6, 6.07) is 5.69. The first-order chi connectivity index (χ1) is 8.10. The van der Waals surface area contributed by atoms with Gasteiger partial charge in [0.05, 0.1) is 7.11 Å². The van der Waals surface area contributed by atoms with Crippen molar-refractivity contribution in [3.05, 3.63) is 29.7 Å². The fourth-order valence-electron chi connectivity index (χ4n) is 1.68. The molecule has 0 bridgehead atoms. The van der Waals surface area contributed by atoms with Gasteiger partial charge >= 0.3 is 6.09 Å². The molecule has 1 amide bonds. The molecule has 2 rings (SSSR count). The van der Waals surface area contributed by atoms with Crippen LogP contribution in [-0.2, 0) is 11.3 Å². The molecule has 90 valence electrons. The number of benzene rings is 1. The van der Waals surface area contributed by atoms with Gasteiger partial charge in [-0.25, -0.2) is 9.78 Å². The molecule has 1 aromatic carbocycles. The Morgan fingerprint density at radius 2 is 2.29 bits per heavy atom. The summed E-state index contributed by atoms with van der Waals surface area (Å²) in [6.07, 6.45) is -0.362. The molecule has 0 aliphatic carbocycles. The number of methoxy groups -OCH3 is 1. The predicted molar refractivity (Wildman–Crippen MR) is 62.6 cm³/mol. The van der Waals surface area contributed by atoms with Crippen molar-refractivity contribution in [1.29, 1.82) is 0 Å². The first kappa shape index (κ1) is 11.4. The molecule has 2 aromatic rings. The highest BCUT2D eigenvalue weighted by Crippen LogP contribution is 2.17. The quantitative estimate of drug-likeness (QED) is 0.800. The van der Waals surface area contributed by atoms with Crippen LogP contribution in [0.2, 0.25) is 0 Å². The first-order valence-corrected chi connectivity index (χ1v) is 5.25. The Kier molecular flexibility index (Phi) is 2.99. The molecule has 0 radical (unpaired) electrons. The van der Waals surface area contributed by atoms with Crippen LogP contribution >= 0.6 is 0 Å². The van der Waals surface area contributed by atoms with Crippen LogP contribution in [0.3, 0.4) is 0 Å². The zero-order valence-electron chi connectivity index (χ0n) is 10.1. The maximum absolute atomic E-state index is 11.3. The van der Waals surface area contributed by atoms with Crippen molar-refractivity contribution in [1.82, 2.24) is 9.88 Å². The van der Waals surface area contributed by atoms with Gasteiger partial charge in [-0.15, -0.1) is 0 Å². The molecule has 5 heteroatoms. The number of aryl methyl sites for hydroxylation is 1. The maximum atomic E-state index is 11.3. The second-order valence-electron chi connectivity index (χ2n) is 3.86. The van der Waals surface area contributed by atoms with Gasteiger partial charge in [-0.05, 0) is 17.7 Å². The zero-order chi connectivity index (χ0) is 12.4. The fraction of sp³-hybridized carbons (Fsp3) is 0.333. The van der Waals surface area contributed by atoms with E-state index < -0.39 is 0 Å². The molecule has 0 fully saturated rings. The van der Waals surface area contributed by atoms with Crippen molar-refractivity contribution in [3.8, 4) is 0 Å². The van der Waals surface area contributed by atoms with Gasteiger partial charge in [0.15, 0.2) is 11.5 Å². The van der Waals surface area contributed by atoms with Gasteiger partial charge in [0.1, 0.15) is 5.52 Å². The maximum Gasteiger partial charge on any atom is 0.409 e. The number of nitrogens with zero attached hydrogens (tertiary/aromatic N) is 2. The standard InChI is InChI=1S/C12H14N2O3/c1-8-13-10-5-4-9(6-11(10)17-8)7-14(2)12(15)16-3/h4-6H,7H2,1-3H3. The van der Waals surface area contributed by atoms with Gasteiger partial charge in [-0.3, -0.25) is 0 Å². The lowest BCUT2D eigenvalue weighted by atomic mass is 10.2. The van der Waals surface area contributed by atoms with Crippen LogP contribution in [0.25, 0.3) is 11.1 Å². The number of amides is 1. The largest absolute Gasteiger partial charge is 0.453 e. The topological polar surface area (TPSA) is 55.6 Å². The summed E-state index contributed by atoms with van der Waals surface area (Å²) in [5.74, 6) is 0.637. The van der Waals surface area contributed by atoms with Crippen molar-refractivity contribution in [2.45, 2.75) is 13.5 Å². The number of rotatable bonds is 2. The molecule has 0 atom stereocenters. The normalized spacial score (nSPS) is 10.5. The van der Waals surface area contributed by atoms with Crippen LogP contribution in [0.1, 0.15) is 11.5 Å². The second-order valence-corrected chi connectivity index (χ2v) is 3.86. The van der Waals surface area contributed by atoms with Gasteiger partial charge in [0.2, 0.25) is 0 Å². The van der Waals surface area contributed by atoms with Crippen LogP contribution in [0, 0.1) is 6.92 Å². The Morgan fingerprint density at radius 3 is 3.00 bits per heavy atom. The molecule has 0 N–H and O–H groups in total. The van der Waals surface area contributed by atoms with E-state index >= 15 is 0 Å². The summed E-state index contributed by atoms with van der Waals surface area (Å²) in [6.45, 7) is 2.28. The third-order valence-electron chi connectivity index (χ3n) is 2.47. The van der Waals surface area contributed by atoms with Crippen molar-refractivity contribution in [3.63, 3.8) is 0 Å². The Balaban J connectivity index is 2.21. The van der Waals surface area contributed by atoms with E-state index in [1.807, 2.05) is 18.2 Å². The van der Waals surface area contributed by atoms with E-state index in [1.165, 1.54) is 12.0 Å². The van der Waals surface area contributed by atoms with Crippen LogP contribution in [-0.4, -0.2) is 30.1 Å². The highest BCUT2D eigenvalue weighted by atomic mass is 16.5. The molecule has 0 aliphatic heterocycles. The fourth-order valence-corrected chi connectivity index (χ4v) is 1.68. The molecule has 0 aliphatic rings. The highest BCUT2D eigenvalue weighted by Gasteiger charge is 2.10. The second kappa shape index (κ2) is 4.45. The lowest BCUT2D eigenvalue weighted by Gasteiger charge is -2.14. The third kappa shape index (κ3) is 2.38. The summed E-state index contributed by atoms with van der Waals surface area (Å²) in [4.78, 5) is 17.0. The average Bonchev–Trinajstić information content (AvgIpc) is 2.67. The zero-order valence-corrected chi connectivity index (χ0v) is 10.1. The summed E-state index contributed by atoms with van der Waals surface area (Å²) in [5, 5.41) is 0. The Bertz CT molecular complexity index is 548. The van der Waals surface area contributed by atoms with Crippen molar-refractivity contribution >= 4 is 17.2 Å². The number of ether oxygens (including phenoxy) is 1. The number of carbonyl (C=O) groups is 1. The first-order valence-electron chi connectivity index (χ1n) is 5.25. The smallest absolute Gasteiger partial charge is 0.409 e. The lowest BCUT2D eigenvalue weighted by Crippen LogP contribution is -2.25. The number of carbonyl (C=O) groups excluding carboxylic acids is 1. The molecule has 0 spiro atoms. The van der Waals surface area contributed by atoms with E-state index in [4.69, 9.17) is 4.42 Å². The molecule has 1 aromatic heterocycles. The monoisotopic (exact) mass is 234 g/mol. The Labute approximate surface area is 99.0 Å². The van der Waals surface area contributed by atoms with Gasteiger partial charge in [0.25, 0.3) is 0 Å². The molecule has 0 saturated carbocycles. The van der Waals surface area contributed by atoms with Crippen molar-refractivity contribution < 1.29 is 13.9 Å². The molecule has 0 saturated heterocycles. The van der Waals surface area contributed by atoms with Crippen molar-refractivity contribution in [2.75, 3.05) is 14.2 Å². The number of hydrogen-bond donors (Lipinski definition) is 0. The summed E-state index contributed by atoms with van der Waals surface area (Å²) in [5.41, 5.74) is 2.53. The number of oxazole rings is 1. The van der Waals surface area contributed by atoms with Crippen LogP contribution < -0.4 is 0 Å². The van der Waals surface area contributed by atoms with Crippen LogP contribution in [0.4, 0.5) is 4.79 Å². The number of hydrogen-bond acceptors (Lipinski definition) is 4. The third-order valence-corrected chi connectivity index (χ3v) is 2.47. The predicted octanol–water partition coefficient (Wildman–Crippen LogP) is 2.33. The summed E-state index contributed by atoms with van der Waals surface area (Å²) < 4.78 is 10.1. The molecule has 0 unspecified atom stereocenters. The molecule has 17 heavy (non-hydrogen) atoms. The van der Waals surface area contributed by atoms with Gasteiger partial charge in [0, 0.05) is 20.5 Å². The van der Waals surface area contributed by atoms with E-state index in [9.17, 15) is 4.79 Å². The minimum Gasteiger partial charge on any atom is -0.453 e. The highest BCUT2D eigenvalue weighted by molar-refractivity contribution is 5.73.